The van der Waals surface area contributed by atoms with Crippen LogP contribution in [-0.2, 0) is 4.79 Å². The highest BCUT2D eigenvalue weighted by Crippen LogP contribution is 2.27. The molecule has 1 unspecified atom stereocenters. The number of carbonyl (C=O) groups excluding carboxylic acids is 1. The van der Waals surface area contributed by atoms with Gasteiger partial charge in [0.25, 0.3) is 0 Å². The summed E-state index contributed by atoms with van der Waals surface area (Å²) in [6, 6.07) is 9.58. The molecule has 1 fully saturated rings. The summed E-state index contributed by atoms with van der Waals surface area (Å²) < 4.78 is 0. The molecule has 98 valence electrons. The lowest BCUT2D eigenvalue weighted by Crippen LogP contribution is -2.57. The number of para-hydroxylation sites is 1. The van der Waals surface area contributed by atoms with Crippen LogP contribution in [0.25, 0.3) is 10.9 Å². The van der Waals surface area contributed by atoms with Crippen LogP contribution in [-0.4, -0.2) is 36.6 Å². The maximum Gasteiger partial charge on any atom is 0.241 e. The van der Waals surface area contributed by atoms with E-state index in [2.05, 4.69) is 15.2 Å². The quantitative estimate of drug-likeness (QED) is 0.820. The Balaban J connectivity index is 2.09. The van der Waals surface area contributed by atoms with Gasteiger partial charge in [-0.25, -0.2) is 0 Å². The first-order chi connectivity index (χ1) is 9.27. The van der Waals surface area contributed by atoms with Gasteiger partial charge in [-0.05, 0) is 12.1 Å². The Kier molecular flexibility index (Phi) is 3.05. The van der Waals surface area contributed by atoms with Gasteiger partial charge in [0.1, 0.15) is 6.04 Å². The number of rotatable bonds is 2. The molecule has 1 aromatic carbocycles. The van der Waals surface area contributed by atoms with Gasteiger partial charge in [0.05, 0.1) is 5.52 Å². The molecule has 2 aromatic rings. The van der Waals surface area contributed by atoms with Crippen molar-refractivity contribution in [3.8, 4) is 0 Å². The normalized spacial score (nSPS) is 19.6. The van der Waals surface area contributed by atoms with Gasteiger partial charge >= 0.3 is 0 Å². The first kappa shape index (κ1) is 11.9. The molecular formula is C14H16N4O. The van der Waals surface area contributed by atoms with Crippen LogP contribution in [0.15, 0.2) is 36.5 Å². The molecule has 1 saturated heterocycles. The minimum atomic E-state index is -0.306. The number of aromatic nitrogens is 1. The molecule has 3 rings (SSSR count). The number of anilines is 1. The Labute approximate surface area is 111 Å². The summed E-state index contributed by atoms with van der Waals surface area (Å²) in [5.74, 6) is -0.298. The van der Waals surface area contributed by atoms with Gasteiger partial charge in [-0.2, -0.15) is 0 Å². The predicted octanol–water partition coefficient (Wildman–Crippen LogP) is 0.498. The molecule has 1 aromatic heterocycles. The number of primary amides is 1. The highest BCUT2D eigenvalue weighted by Gasteiger charge is 2.27. The molecule has 1 atom stereocenters. The number of nitrogens with two attached hydrogens (primary N) is 1. The lowest BCUT2D eigenvalue weighted by atomic mass is 10.1. The van der Waals surface area contributed by atoms with Gasteiger partial charge in [-0.3, -0.25) is 9.78 Å². The number of nitrogens with zero attached hydrogens (tertiary/aromatic N) is 2. The molecule has 3 N–H and O–H groups in total. The van der Waals surface area contributed by atoms with Gasteiger partial charge in [-0.15, -0.1) is 0 Å². The Morgan fingerprint density at radius 1 is 1.37 bits per heavy atom. The topological polar surface area (TPSA) is 71.2 Å². The van der Waals surface area contributed by atoms with E-state index in [1.54, 1.807) is 6.20 Å². The van der Waals surface area contributed by atoms with Crippen LogP contribution in [0.2, 0.25) is 0 Å². The van der Waals surface area contributed by atoms with Crippen LogP contribution in [0.5, 0.6) is 0 Å². The molecule has 2 heterocycles. The van der Waals surface area contributed by atoms with E-state index in [1.165, 1.54) is 0 Å². The van der Waals surface area contributed by atoms with Crippen molar-refractivity contribution in [3.63, 3.8) is 0 Å². The standard InChI is InChI=1S/C14H16N4O/c15-14(19)13-9-16-7-8-18(13)12-5-6-17-11-4-2-1-3-10(11)12/h1-6,13,16H,7-9H2,(H2,15,19). The zero-order valence-electron chi connectivity index (χ0n) is 10.5. The van der Waals surface area contributed by atoms with Gasteiger partial charge in [0.2, 0.25) is 5.91 Å². The minimum absolute atomic E-state index is 0.298. The van der Waals surface area contributed by atoms with Crippen molar-refractivity contribution in [2.75, 3.05) is 24.5 Å². The maximum absolute atomic E-state index is 11.6. The van der Waals surface area contributed by atoms with Crippen LogP contribution in [0, 0.1) is 0 Å². The summed E-state index contributed by atoms with van der Waals surface area (Å²) in [7, 11) is 0. The van der Waals surface area contributed by atoms with E-state index in [4.69, 9.17) is 5.73 Å². The number of carbonyl (C=O) groups is 1. The zero-order valence-corrected chi connectivity index (χ0v) is 10.5. The van der Waals surface area contributed by atoms with Crippen molar-refractivity contribution >= 4 is 22.5 Å². The molecule has 5 nitrogen and oxygen atoms in total. The number of benzene rings is 1. The lowest BCUT2D eigenvalue weighted by Gasteiger charge is -2.36. The Morgan fingerprint density at radius 2 is 2.21 bits per heavy atom. The van der Waals surface area contributed by atoms with Crippen molar-refractivity contribution in [1.29, 1.82) is 0 Å². The average Bonchev–Trinajstić information content (AvgIpc) is 2.46. The minimum Gasteiger partial charge on any atom is -0.368 e. The largest absolute Gasteiger partial charge is 0.368 e. The molecule has 0 spiro atoms. The molecule has 0 radical (unpaired) electrons. The van der Waals surface area contributed by atoms with Crippen molar-refractivity contribution in [1.82, 2.24) is 10.3 Å². The number of hydrogen-bond donors (Lipinski definition) is 2. The van der Waals surface area contributed by atoms with E-state index >= 15 is 0 Å². The summed E-state index contributed by atoms with van der Waals surface area (Å²) in [6.07, 6.45) is 1.78. The Hall–Kier alpha value is -2.14. The average molecular weight is 256 g/mol. The molecule has 1 aliphatic rings. The zero-order chi connectivity index (χ0) is 13.2. The first-order valence-electron chi connectivity index (χ1n) is 6.38. The van der Waals surface area contributed by atoms with Crippen molar-refractivity contribution in [3.05, 3.63) is 36.5 Å². The number of fused-ring (bicyclic) bond motifs is 1. The van der Waals surface area contributed by atoms with Gasteiger partial charge in [0, 0.05) is 36.9 Å². The molecule has 0 bridgehead atoms. The summed E-state index contributed by atoms with van der Waals surface area (Å²) in [4.78, 5) is 18.0. The number of pyridine rings is 1. The van der Waals surface area contributed by atoms with Crippen LogP contribution >= 0.6 is 0 Å². The summed E-state index contributed by atoms with van der Waals surface area (Å²) in [6.45, 7) is 2.20. The number of piperazine rings is 1. The second-order valence-electron chi connectivity index (χ2n) is 4.66. The molecule has 19 heavy (non-hydrogen) atoms. The van der Waals surface area contributed by atoms with Gasteiger partial charge in [0.15, 0.2) is 0 Å². The van der Waals surface area contributed by atoms with E-state index in [1.807, 2.05) is 30.3 Å². The fourth-order valence-electron chi connectivity index (χ4n) is 2.58. The van der Waals surface area contributed by atoms with Crippen LogP contribution < -0.4 is 16.0 Å². The van der Waals surface area contributed by atoms with E-state index in [0.717, 1.165) is 29.7 Å². The van der Waals surface area contributed by atoms with Crippen molar-refractivity contribution in [2.24, 2.45) is 5.73 Å². The second kappa shape index (κ2) is 4.85. The smallest absolute Gasteiger partial charge is 0.241 e. The van der Waals surface area contributed by atoms with Gasteiger partial charge in [-0.1, -0.05) is 18.2 Å². The fourth-order valence-corrected chi connectivity index (χ4v) is 2.58. The molecule has 1 aliphatic heterocycles. The SMILES string of the molecule is NC(=O)C1CNCCN1c1ccnc2ccccc12. The lowest BCUT2D eigenvalue weighted by molar-refractivity contribution is -0.119. The third kappa shape index (κ3) is 2.13. The van der Waals surface area contributed by atoms with Crippen LogP contribution in [0.4, 0.5) is 5.69 Å². The van der Waals surface area contributed by atoms with E-state index < -0.39 is 0 Å². The fraction of sp³-hybridized carbons (Fsp3) is 0.286. The second-order valence-corrected chi connectivity index (χ2v) is 4.66. The monoisotopic (exact) mass is 256 g/mol. The molecular weight excluding hydrogens is 240 g/mol. The first-order valence-corrected chi connectivity index (χ1v) is 6.38. The molecule has 0 aliphatic carbocycles. The van der Waals surface area contributed by atoms with E-state index in [9.17, 15) is 4.79 Å². The summed E-state index contributed by atoms with van der Waals surface area (Å²) in [5, 5.41) is 4.26. The van der Waals surface area contributed by atoms with Crippen molar-refractivity contribution in [2.45, 2.75) is 6.04 Å². The number of amides is 1. The Bertz CT molecular complexity index is 608. The molecule has 0 saturated carbocycles. The van der Waals surface area contributed by atoms with E-state index in [0.29, 0.717) is 6.54 Å². The number of nitrogens with one attached hydrogen (secondary N) is 1. The molecule has 5 heteroatoms. The summed E-state index contributed by atoms with van der Waals surface area (Å²) >= 11 is 0. The number of hydrogen-bond acceptors (Lipinski definition) is 4. The Morgan fingerprint density at radius 3 is 3.05 bits per heavy atom. The van der Waals surface area contributed by atoms with Gasteiger partial charge < -0.3 is 16.0 Å². The van der Waals surface area contributed by atoms with E-state index in [-0.39, 0.29) is 11.9 Å². The van der Waals surface area contributed by atoms with Crippen molar-refractivity contribution < 1.29 is 4.79 Å². The highest BCUT2D eigenvalue weighted by atomic mass is 16.1. The third-order valence-electron chi connectivity index (χ3n) is 3.51. The summed E-state index contributed by atoms with van der Waals surface area (Å²) in [5.41, 5.74) is 7.46. The maximum atomic E-state index is 11.6. The van der Waals surface area contributed by atoms with Crippen LogP contribution in [0.1, 0.15) is 0 Å². The highest BCUT2D eigenvalue weighted by molar-refractivity contribution is 5.94. The predicted molar refractivity (Wildman–Crippen MR) is 74.9 cm³/mol. The molecule has 1 amide bonds. The van der Waals surface area contributed by atoms with Crippen LogP contribution in [0.3, 0.4) is 0 Å². The third-order valence-corrected chi connectivity index (χ3v) is 3.51.